The molecule has 0 spiro atoms. The Kier molecular flexibility index (Phi) is 4.73. The van der Waals surface area contributed by atoms with E-state index in [1.807, 2.05) is 0 Å². The molecular formula is C16H15NO5. The van der Waals surface area contributed by atoms with Gasteiger partial charge in [0, 0.05) is 12.1 Å². The van der Waals surface area contributed by atoms with Crippen LogP contribution >= 0.6 is 0 Å². The number of non-ortho nitro benzene ring substituents is 1. The van der Waals surface area contributed by atoms with Crippen LogP contribution in [0.2, 0.25) is 0 Å². The van der Waals surface area contributed by atoms with Crippen molar-refractivity contribution in [2.45, 2.75) is 12.3 Å². The van der Waals surface area contributed by atoms with Crippen molar-refractivity contribution in [2.75, 3.05) is 7.11 Å². The minimum Gasteiger partial charge on any atom is -0.497 e. The van der Waals surface area contributed by atoms with Crippen molar-refractivity contribution in [1.82, 2.24) is 0 Å². The molecule has 2 aromatic carbocycles. The fourth-order valence-corrected chi connectivity index (χ4v) is 2.17. The van der Waals surface area contributed by atoms with Crippen LogP contribution in [0.15, 0.2) is 48.5 Å². The summed E-state index contributed by atoms with van der Waals surface area (Å²) in [5.74, 6) is -1.00. The Balaban J connectivity index is 2.21. The van der Waals surface area contributed by atoms with Crippen molar-refractivity contribution in [3.8, 4) is 5.75 Å². The lowest BCUT2D eigenvalue weighted by atomic mass is 9.92. The summed E-state index contributed by atoms with van der Waals surface area (Å²) in [6, 6.07) is 12.8. The van der Waals surface area contributed by atoms with E-state index in [-0.39, 0.29) is 12.1 Å². The third kappa shape index (κ3) is 3.60. The van der Waals surface area contributed by atoms with Gasteiger partial charge in [0.05, 0.1) is 18.0 Å². The molecule has 2 rings (SSSR count). The van der Waals surface area contributed by atoms with Gasteiger partial charge in [-0.05, 0) is 29.7 Å². The van der Waals surface area contributed by atoms with Crippen LogP contribution in [0.4, 0.5) is 5.69 Å². The lowest BCUT2D eigenvalue weighted by Crippen LogP contribution is -2.14. The summed E-state index contributed by atoms with van der Waals surface area (Å²) in [5.41, 5.74) is 1.38. The molecule has 6 nitrogen and oxygen atoms in total. The smallest absolute Gasteiger partial charge is 0.311 e. The number of methoxy groups -OCH3 is 1. The summed E-state index contributed by atoms with van der Waals surface area (Å²) in [6.45, 7) is 0. The SMILES string of the molecule is COc1ccc(C(Cc2ccc([N+](=O)[O-])cc2)C(=O)O)cc1. The van der Waals surface area contributed by atoms with Crippen molar-refractivity contribution in [1.29, 1.82) is 0 Å². The van der Waals surface area contributed by atoms with Gasteiger partial charge in [-0.3, -0.25) is 14.9 Å². The first kappa shape index (κ1) is 15.5. The zero-order valence-electron chi connectivity index (χ0n) is 11.9. The molecule has 0 saturated carbocycles. The van der Waals surface area contributed by atoms with E-state index >= 15 is 0 Å². The maximum absolute atomic E-state index is 11.5. The highest BCUT2D eigenvalue weighted by molar-refractivity contribution is 5.76. The predicted molar refractivity (Wildman–Crippen MR) is 80.2 cm³/mol. The van der Waals surface area contributed by atoms with Gasteiger partial charge >= 0.3 is 5.97 Å². The molecule has 0 heterocycles. The number of ether oxygens (including phenoxy) is 1. The van der Waals surface area contributed by atoms with Crippen molar-refractivity contribution < 1.29 is 19.6 Å². The molecule has 1 N–H and O–H groups in total. The van der Waals surface area contributed by atoms with Gasteiger partial charge in [0.25, 0.3) is 5.69 Å². The number of hydrogen-bond acceptors (Lipinski definition) is 4. The number of carbonyl (C=O) groups is 1. The maximum atomic E-state index is 11.5. The summed E-state index contributed by atoms with van der Waals surface area (Å²) in [7, 11) is 1.54. The van der Waals surface area contributed by atoms with Crippen molar-refractivity contribution in [2.24, 2.45) is 0 Å². The van der Waals surface area contributed by atoms with Crippen LogP contribution in [0.1, 0.15) is 17.0 Å². The second-order valence-corrected chi connectivity index (χ2v) is 4.79. The zero-order chi connectivity index (χ0) is 16.1. The van der Waals surface area contributed by atoms with Gasteiger partial charge < -0.3 is 9.84 Å². The van der Waals surface area contributed by atoms with Crippen LogP contribution in [0, 0.1) is 10.1 Å². The summed E-state index contributed by atoms with van der Waals surface area (Å²) in [6.07, 6.45) is 0.264. The molecule has 0 radical (unpaired) electrons. The summed E-state index contributed by atoms with van der Waals surface area (Å²) in [5, 5.41) is 20.0. The van der Waals surface area contributed by atoms with Gasteiger partial charge in [-0.25, -0.2) is 0 Å². The number of nitrogens with zero attached hydrogens (tertiary/aromatic N) is 1. The first-order chi connectivity index (χ1) is 10.5. The molecule has 22 heavy (non-hydrogen) atoms. The van der Waals surface area contributed by atoms with Crippen LogP contribution in [-0.4, -0.2) is 23.1 Å². The average molecular weight is 301 g/mol. The summed E-state index contributed by atoms with van der Waals surface area (Å²) in [4.78, 5) is 21.6. The molecule has 0 aliphatic rings. The molecule has 0 saturated heterocycles. The average Bonchev–Trinajstić information content (AvgIpc) is 2.53. The first-order valence-corrected chi connectivity index (χ1v) is 6.61. The topological polar surface area (TPSA) is 89.7 Å². The van der Waals surface area contributed by atoms with E-state index in [1.54, 1.807) is 43.5 Å². The number of nitro groups is 1. The fraction of sp³-hybridized carbons (Fsp3) is 0.188. The molecule has 1 unspecified atom stereocenters. The minimum atomic E-state index is -0.941. The molecule has 114 valence electrons. The summed E-state index contributed by atoms with van der Waals surface area (Å²) >= 11 is 0. The highest BCUT2D eigenvalue weighted by Gasteiger charge is 2.20. The van der Waals surface area contributed by atoms with Crippen LogP contribution in [0.25, 0.3) is 0 Å². The van der Waals surface area contributed by atoms with E-state index in [1.165, 1.54) is 12.1 Å². The van der Waals surface area contributed by atoms with E-state index in [9.17, 15) is 20.0 Å². The van der Waals surface area contributed by atoms with Gasteiger partial charge in [-0.1, -0.05) is 24.3 Å². The molecule has 0 aliphatic carbocycles. The van der Waals surface area contributed by atoms with E-state index < -0.39 is 16.8 Å². The van der Waals surface area contributed by atoms with E-state index in [0.717, 1.165) is 5.56 Å². The quantitative estimate of drug-likeness (QED) is 0.654. The van der Waals surface area contributed by atoms with Gasteiger partial charge in [0.2, 0.25) is 0 Å². The molecule has 0 fully saturated rings. The third-order valence-corrected chi connectivity index (χ3v) is 3.40. The largest absolute Gasteiger partial charge is 0.497 e. The lowest BCUT2D eigenvalue weighted by molar-refractivity contribution is -0.384. The third-order valence-electron chi connectivity index (χ3n) is 3.40. The van der Waals surface area contributed by atoms with E-state index in [4.69, 9.17) is 4.74 Å². The monoisotopic (exact) mass is 301 g/mol. The molecular weight excluding hydrogens is 286 g/mol. The zero-order valence-corrected chi connectivity index (χ0v) is 11.9. The number of carboxylic acids is 1. The normalized spacial score (nSPS) is 11.7. The Morgan fingerprint density at radius 2 is 1.77 bits per heavy atom. The molecule has 0 aromatic heterocycles. The van der Waals surface area contributed by atoms with Crippen molar-refractivity contribution >= 4 is 11.7 Å². The second-order valence-electron chi connectivity index (χ2n) is 4.79. The molecule has 6 heteroatoms. The standard InChI is InChI=1S/C16H15NO5/c1-22-14-8-4-12(5-9-14)15(16(18)19)10-11-2-6-13(7-3-11)17(20)21/h2-9,15H,10H2,1H3,(H,18,19). The number of aliphatic carboxylic acids is 1. The summed E-state index contributed by atoms with van der Waals surface area (Å²) < 4.78 is 5.05. The van der Waals surface area contributed by atoms with Gasteiger partial charge in [-0.15, -0.1) is 0 Å². The number of rotatable bonds is 6. The Labute approximate surface area is 127 Å². The Hall–Kier alpha value is -2.89. The van der Waals surface area contributed by atoms with Crippen molar-refractivity contribution in [3.05, 3.63) is 69.8 Å². The van der Waals surface area contributed by atoms with E-state index in [0.29, 0.717) is 11.3 Å². The van der Waals surface area contributed by atoms with Crippen LogP contribution in [-0.2, 0) is 11.2 Å². The molecule has 0 aliphatic heterocycles. The molecule has 0 amide bonds. The molecule has 0 bridgehead atoms. The van der Waals surface area contributed by atoms with Gasteiger partial charge in [-0.2, -0.15) is 0 Å². The molecule has 1 atom stereocenters. The van der Waals surface area contributed by atoms with Gasteiger partial charge in [0.1, 0.15) is 5.75 Å². The van der Waals surface area contributed by atoms with Crippen LogP contribution in [0.3, 0.4) is 0 Å². The maximum Gasteiger partial charge on any atom is 0.311 e. The van der Waals surface area contributed by atoms with E-state index in [2.05, 4.69) is 0 Å². The fourth-order valence-electron chi connectivity index (χ4n) is 2.17. The predicted octanol–water partition coefficient (Wildman–Crippen LogP) is 3.01. The second kappa shape index (κ2) is 6.71. The van der Waals surface area contributed by atoms with Crippen LogP contribution < -0.4 is 4.74 Å². The molecule has 2 aromatic rings. The lowest BCUT2D eigenvalue weighted by Gasteiger charge is -2.13. The number of nitro benzene ring substituents is 1. The number of carboxylic acid groups (broad SMARTS) is 1. The van der Waals surface area contributed by atoms with Gasteiger partial charge in [0.15, 0.2) is 0 Å². The number of hydrogen-bond donors (Lipinski definition) is 1. The highest BCUT2D eigenvalue weighted by atomic mass is 16.6. The Morgan fingerprint density at radius 3 is 2.23 bits per heavy atom. The highest BCUT2D eigenvalue weighted by Crippen LogP contribution is 2.24. The van der Waals surface area contributed by atoms with Crippen molar-refractivity contribution in [3.63, 3.8) is 0 Å². The number of benzene rings is 2. The Morgan fingerprint density at radius 1 is 1.18 bits per heavy atom. The first-order valence-electron chi connectivity index (χ1n) is 6.61. The Bertz CT molecular complexity index is 664. The minimum absolute atomic E-state index is 0.0138. The van der Waals surface area contributed by atoms with Crippen LogP contribution in [0.5, 0.6) is 5.75 Å².